The van der Waals surface area contributed by atoms with Crippen LogP contribution in [0.25, 0.3) is 0 Å². The van der Waals surface area contributed by atoms with Gasteiger partial charge in [-0.1, -0.05) is 6.92 Å². The molecule has 2 amide bonds. The van der Waals surface area contributed by atoms with Crippen LogP contribution in [0.3, 0.4) is 0 Å². The molecule has 6 atom stereocenters. The lowest BCUT2D eigenvalue weighted by molar-refractivity contribution is -0.703. The topological polar surface area (TPSA) is 139 Å². The van der Waals surface area contributed by atoms with Gasteiger partial charge in [0, 0.05) is 29.5 Å². The summed E-state index contributed by atoms with van der Waals surface area (Å²) in [6.45, 7) is 8.49. The van der Waals surface area contributed by atoms with Crippen LogP contribution < -0.4 is 9.88 Å². The summed E-state index contributed by atoms with van der Waals surface area (Å²) in [4.78, 5) is 41.8. The van der Waals surface area contributed by atoms with Gasteiger partial charge in [0.1, 0.15) is 25.0 Å². The fraction of sp³-hybridized carbons (Fsp3) is 0.667. The molecule has 4 N–H and O–H groups in total. The van der Waals surface area contributed by atoms with E-state index in [4.69, 9.17) is 0 Å². The third-order valence-electron chi connectivity index (χ3n) is 8.05. The van der Waals surface area contributed by atoms with E-state index in [1.807, 2.05) is 29.5 Å². The van der Waals surface area contributed by atoms with Crippen LogP contribution in [0.5, 0.6) is 0 Å². The lowest BCUT2D eigenvalue weighted by Gasteiger charge is -2.46. The number of fused-ring (bicyclic) bond motifs is 2. The van der Waals surface area contributed by atoms with Gasteiger partial charge in [0.2, 0.25) is 11.8 Å². The van der Waals surface area contributed by atoms with Crippen molar-refractivity contribution < 1.29 is 34.3 Å². The molecule has 0 aromatic carbocycles. The first-order chi connectivity index (χ1) is 17.1. The highest BCUT2D eigenvalue weighted by Gasteiger charge is 2.60. The largest absolute Gasteiger partial charge is 0.477 e. The van der Waals surface area contributed by atoms with Gasteiger partial charge in [-0.05, 0) is 13.3 Å². The first kappa shape index (κ1) is 25.2. The third-order valence-corrected chi connectivity index (χ3v) is 9.56. The maximum atomic E-state index is 13.3. The van der Waals surface area contributed by atoms with Gasteiger partial charge < -0.3 is 30.4 Å². The fourth-order valence-corrected chi connectivity index (χ4v) is 7.69. The molecule has 36 heavy (non-hydrogen) atoms. The molecule has 5 heterocycles. The van der Waals surface area contributed by atoms with Gasteiger partial charge in [0.25, 0.3) is 5.82 Å². The number of nitrogens with zero attached hydrogens (tertiary/aromatic N) is 4. The summed E-state index contributed by atoms with van der Waals surface area (Å²) in [6, 6.07) is -0.677. The number of rotatable bonds is 7. The average Bonchev–Trinajstić information content (AvgIpc) is 3.48. The van der Waals surface area contributed by atoms with Gasteiger partial charge in [-0.3, -0.25) is 9.59 Å². The molecule has 1 aromatic heterocycles. The summed E-state index contributed by atoms with van der Waals surface area (Å²) in [7, 11) is 0. The van der Waals surface area contributed by atoms with Gasteiger partial charge >= 0.3 is 5.97 Å². The number of β-lactam (4-membered cyclic amide) rings is 1. The van der Waals surface area contributed by atoms with Crippen LogP contribution in [-0.2, 0) is 34.0 Å². The molecule has 1 aromatic rings. The number of aromatic nitrogens is 2. The van der Waals surface area contributed by atoms with Crippen LogP contribution in [0, 0.1) is 18.8 Å². The highest BCUT2D eigenvalue weighted by molar-refractivity contribution is 8.03. The highest BCUT2D eigenvalue weighted by atomic mass is 32.2. The molecule has 2 saturated heterocycles. The zero-order valence-corrected chi connectivity index (χ0v) is 21.6. The quantitative estimate of drug-likeness (QED) is 0.266. The number of carbonyl (C=O) groups is 3. The van der Waals surface area contributed by atoms with E-state index in [1.54, 1.807) is 6.92 Å². The number of nitrogens with one attached hydrogen (secondary N) is 1. The Morgan fingerprint density at radius 3 is 2.75 bits per heavy atom. The van der Waals surface area contributed by atoms with Crippen molar-refractivity contribution in [1.29, 1.82) is 0 Å². The summed E-state index contributed by atoms with van der Waals surface area (Å²) in [5.74, 6) is -1.13. The van der Waals surface area contributed by atoms with Crippen molar-refractivity contribution in [3.63, 3.8) is 0 Å². The van der Waals surface area contributed by atoms with Crippen molar-refractivity contribution in [3.05, 3.63) is 28.3 Å². The molecule has 0 spiro atoms. The zero-order chi connectivity index (χ0) is 25.9. The first-order valence-corrected chi connectivity index (χ1v) is 13.4. The molecule has 0 unspecified atom stereocenters. The Labute approximate surface area is 213 Å². The number of aliphatic carboxylic acids is 1. The third kappa shape index (κ3) is 3.94. The minimum atomic E-state index is -1.13. The maximum Gasteiger partial charge on any atom is 0.353 e. The van der Waals surface area contributed by atoms with E-state index in [0.717, 1.165) is 11.5 Å². The zero-order valence-electron chi connectivity index (χ0n) is 20.8. The number of carbonyl (C=O) groups excluding carboxylic acids is 2. The minimum Gasteiger partial charge on any atom is -0.477 e. The SMILES string of the molecule is Cc1n2c(c[n+]1CCO)CN(C(=O)[C@@H]1C[C@H](SC3=C(C(=O)O)N4C(=O)[C@H]([C@@H](C)O)[C@H]4[C@H]3C)CN1)CC2. The van der Waals surface area contributed by atoms with Crippen molar-refractivity contribution in [1.82, 2.24) is 19.7 Å². The summed E-state index contributed by atoms with van der Waals surface area (Å²) in [5, 5.41) is 32.5. The van der Waals surface area contributed by atoms with Gasteiger partial charge in [0.05, 0.1) is 43.8 Å². The number of aliphatic hydroxyl groups is 2. The minimum absolute atomic E-state index is 0.00663. The monoisotopic (exact) mass is 520 g/mol. The molecule has 0 bridgehead atoms. The van der Waals surface area contributed by atoms with E-state index < -0.39 is 18.0 Å². The van der Waals surface area contributed by atoms with Crippen molar-refractivity contribution in [3.8, 4) is 0 Å². The van der Waals surface area contributed by atoms with E-state index >= 15 is 0 Å². The number of imidazole rings is 1. The Morgan fingerprint density at radius 2 is 2.08 bits per heavy atom. The molecule has 4 aliphatic rings. The van der Waals surface area contributed by atoms with E-state index in [2.05, 4.69) is 9.88 Å². The fourth-order valence-electron chi connectivity index (χ4n) is 6.21. The number of hydrogen-bond acceptors (Lipinski definition) is 7. The van der Waals surface area contributed by atoms with Crippen molar-refractivity contribution in [2.45, 2.75) is 70.3 Å². The number of carboxylic acid groups (broad SMARTS) is 1. The Balaban J connectivity index is 1.25. The smallest absolute Gasteiger partial charge is 0.353 e. The normalized spacial score (nSPS) is 30.4. The molecule has 0 radical (unpaired) electrons. The summed E-state index contributed by atoms with van der Waals surface area (Å²) in [5.41, 5.74) is 1.07. The van der Waals surface area contributed by atoms with Crippen molar-refractivity contribution in [2.75, 3.05) is 19.7 Å². The van der Waals surface area contributed by atoms with Gasteiger partial charge in [-0.2, -0.15) is 0 Å². The number of amides is 2. The number of hydrogen-bond donors (Lipinski definition) is 4. The first-order valence-electron chi connectivity index (χ1n) is 12.5. The lowest BCUT2D eigenvalue weighted by Crippen LogP contribution is -2.63. The standard InChI is InChI=1S/C24H33N5O6S/c1-12-19-18(13(2)31)23(33)29(19)20(24(34)35)21(12)36-16-8-17(25-9-16)22(32)27-4-5-28-14(3)26(6-7-30)10-15(28)11-27/h10,12-13,16-19,25,30-31H,4-9,11H2,1-3H3/p+1/t12-,13-,16+,17+,18-,19-/m1/s1. The average molecular weight is 521 g/mol. The summed E-state index contributed by atoms with van der Waals surface area (Å²) >= 11 is 1.45. The van der Waals surface area contributed by atoms with Crippen LogP contribution in [-0.4, -0.2) is 90.6 Å². The number of carboxylic acids is 1. The Bertz CT molecular complexity index is 1130. The molecule has 2 fully saturated rings. The maximum absolute atomic E-state index is 13.3. The molecular formula is C24H34N5O6S+. The van der Waals surface area contributed by atoms with Crippen molar-refractivity contribution >= 4 is 29.5 Å². The number of aliphatic hydroxyl groups excluding tert-OH is 2. The van der Waals surface area contributed by atoms with Gasteiger partial charge in [-0.15, -0.1) is 11.8 Å². The molecular weight excluding hydrogens is 486 g/mol. The van der Waals surface area contributed by atoms with Crippen LogP contribution in [0.2, 0.25) is 0 Å². The van der Waals surface area contributed by atoms with E-state index in [0.29, 0.717) is 44.0 Å². The van der Waals surface area contributed by atoms with Crippen LogP contribution in [0.15, 0.2) is 16.8 Å². The van der Waals surface area contributed by atoms with E-state index in [-0.39, 0.29) is 47.4 Å². The van der Waals surface area contributed by atoms with Crippen LogP contribution >= 0.6 is 11.8 Å². The molecule has 0 saturated carbocycles. The summed E-state index contributed by atoms with van der Waals surface area (Å²) in [6.07, 6.45) is 1.74. The highest BCUT2D eigenvalue weighted by Crippen LogP contribution is 2.51. The van der Waals surface area contributed by atoms with Gasteiger partial charge in [0.15, 0.2) is 5.69 Å². The van der Waals surface area contributed by atoms with Crippen molar-refractivity contribution in [2.24, 2.45) is 11.8 Å². The molecule has 12 heteroatoms. The molecule has 11 nitrogen and oxygen atoms in total. The van der Waals surface area contributed by atoms with E-state index in [1.165, 1.54) is 16.7 Å². The van der Waals surface area contributed by atoms with Crippen LogP contribution in [0.1, 0.15) is 31.8 Å². The Morgan fingerprint density at radius 1 is 1.33 bits per heavy atom. The van der Waals surface area contributed by atoms with E-state index in [9.17, 15) is 29.7 Å². The second-order valence-corrected chi connectivity index (χ2v) is 11.5. The summed E-state index contributed by atoms with van der Waals surface area (Å²) < 4.78 is 4.20. The molecule has 5 rings (SSSR count). The predicted molar refractivity (Wildman–Crippen MR) is 129 cm³/mol. The lowest BCUT2D eigenvalue weighted by atomic mass is 9.79. The second kappa shape index (κ2) is 9.47. The van der Waals surface area contributed by atoms with Crippen LogP contribution in [0.4, 0.5) is 0 Å². The Hall–Kier alpha value is -2.41. The second-order valence-electron chi connectivity index (χ2n) is 10.2. The van der Waals surface area contributed by atoms with Gasteiger partial charge in [-0.25, -0.2) is 13.9 Å². The Kier molecular flexibility index (Phi) is 6.64. The molecule has 4 aliphatic heterocycles. The molecule has 0 aliphatic carbocycles. The molecule has 196 valence electrons. The predicted octanol–water partition coefficient (Wildman–Crippen LogP) is -0.964. The number of thioether (sulfide) groups is 1.